The van der Waals surface area contributed by atoms with E-state index in [0.29, 0.717) is 23.7 Å². The lowest BCUT2D eigenvalue weighted by Crippen LogP contribution is -2.24. The highest BCUT2D eigenvalue weighted by Gasteiger charge is 2.12. The van der Waals surface area contributed by atoms with Gasteiger partial charge in [0.15, 0.2) is 10.6 Å². The molecule has 3 aromatic rings. The summed E-state index contributed by atoms with van der Waals surface area (Å²) >= 11 is 5.34. The van der Waals surface area contributed by atoms with Crippen molar-refractivity contribution in [3.8, 4) is 17.1 Å². The molecule has 0 saturated carbocycles. The predicted molar refractivity (Wildman–Crippen MR) is 130 cm³/mol. The zero-order chi connectivity index (χ0) is 23.8. The fourth-order valence-corrected chi connectivity index (χ4v) is 3.42. The highest BCUT2D eigenvalue weighted by atomic mass is 32.1. The Hall–Kier alpha value is -3.46. The van der Waals surface area contributed by atoms with Gasteiger partial charge in [-0.2, -0.15) is 5.10 Å². The highest BCUT2D eigenvalue weighted by Crippen LogP contribution is 2.21. The molecule has 0 fully saturated rings. The molecule has 9 heteroatoms. The van der Waals surface area contributed by atoms with Crippen LogP contribution in [0.3, 0.4) is 0 Å². The number of hydrogen-bond donors (Lipinski definition) is 3. The van der Waals surface area contributed by atoms with Crippen LogP contribution in [0.15, 0.2) is 48.5 Å². The van der Waals surface area contributed by atoms with Gasteiger partial charge in [-0.05, 0) is 60.6 Å². The molecule has 0 aliphatic carbocycles. The van der Waals surface area contributed by atoms with Crippen molar-refractivity contribution in [3.63, 3.8) is 0 Å². The van der Waals surface area contributed by atoms with E-state index >= 15 is 0 Å². The van der Waals surface area contributed by atoms with Crippen LogP contribution in [0.1, 0.15) is 32.3 Å². The Labute approximate surface area is 198 Å². The number of hydrogen-bond acceptors (Lipinski definition) is 5. The smallest absolute Gasteiger partial charge is 0.227 e. The van der Waals surface area contributed by atoms with Crippen LogP contribution in [-0.4, -0.2) is 33.7 Å². The number of carbonyl (C=O) groups is 2. The average Bonchev–Trinajstić information content (AvgIpc) is 3.21. The first-order valence-corrected chi connectivity index (χ1v) is 11.3. The minimum absolute atomic E-state index is 0.0109. The lowest BCUT2D eigenvalue weighted by molar-refractivity contribution is -0.121. The standard InChI is InChI=1S/C24H29N5O3S/c1-4-16(2)23(31)26-19-7-5-6-17(14-19)15-25-21(30)12-13-29-22(27-28-24(29)33)18-8-10-20(32-3)11-9-18/h5-11,14,16H,4,12-13,15H2,1-3H3,(H,25,30)(H,26,31)(H,28,33). The van der Waals surface area contributed by atoms with Gasteiger partial charge in [-0.3, -0.25) is 19.3 Å². The van der Waals surface area contributed by atoms with Crippen molar-refractivity contribution in [2.75, 3.05) is 12.4 Å². The van der Waals surface area contributed by atoms with Crippen molar-refractivity contribution in [2.24, 2.45) is 5.92 Å². The molecule has 0 aliphatic rings. The summed E-state index contributed by atoms with van der Waals surface area (Å²) in [6.45, 7) is 4.64. The van der Waals surface area contributed by atoms with E-state index in [1.54, 1.807) is 7.11 Å². The molecule has 2 aromatic carbocycles. The van der Waals surface area contributed by atoms with Crippen LogP contribution in [0.4, 0.5) is 5.69 Å². The summed E-state index contributed by atoms with van der Waals surface area (Å²) in [7, 11) is 1.61. The van der Waals surface area contributed by atoms with Gasteiger partial charge in [-0.1, -0.05) is 26.0 Å². The molecule has 1 unspecified atom stereocenters. The quantitative estimate of drug-likeness (QED) is 0.386. The molecule has 33 heavy (non-hydrogen) atoms. The number of methoxy groups -OCH3 is 1. The largest absolute Gasteiger partial charge is 0.497 e. The molecule has 2 amide bonds. The topological polar surface area (TPSA) is 101 Å². The van der Waals surface area contributed by atoms with Crippen LogP contribution in [0.25, 0.3) is 11.4 Å². The van der Waals surface area contributed by atoms with Gasteiger partial charge in [-0.15, -0.1) is 0 Å². The molecule has 174 valence electrons. The molecule has 0 radical (unpaired) electrons. The number of rotatable bonds is 10. The second-order valence-electron chi connectivity index (χ2n) is 7.76. The van der Waals surface area contributed by atoms with Crippen molar-refractivity contribution in [3.05, 3.63) is 58.9 Å². The number of ether oxygens (including phenoxy) is 1. The predicted octanol–water partition coefficient (Wildman–Crippen LogP) is 4.31. The number of anilines is 1. The number of amides is 2. The summed E-state index contributed by atoms with van der Waals surface area (Å²) in [5.41, 5.74) is 2.50. The van der Waals surface area contributed by atoms with E-state index in [-0.39, 0.29) is 24.2 Å². The minimum Gasteiger partial charge on any atom is -0.497 e. The number of H-pyrrole nitrogens is 1. The summed E-state index contributed by atoms with van der Waals surface area (Å²) in [6, 6.07) is 15.0. The number of nitrogens with zero attached hydrogens (tertiary/aromatic N) is 2. The van der Waals surface area contributed by atoms with Crippen LogP contribution in [-0.2, 0) is 22.7 Å². The number of nitrogens with one attached hydrogen (secondary N) is 3. The van der Waals surface area contributed by atoms with Gasteiger partial charge >= 0.3 is 0 Å². The lowest BCUT2D eigenvalue weighted by Gasteiger charge is -2.12. The van der Waals surface area contributed by atoms with E-state index in [2.05, 4.69) is 20.8 Å². The lowest BCUT2D eigenvalue weighted by atomic mass is 10.1. The first-order chi connectivity index (χ1) is 15.9. The van der Waals surface area contributed by atoms with E-state index in [9.17, 15) is 9.59 Å². The third kappa shape index (κ3) is 6.52. The summed E-state index contributed by atoms with van der Waals surface area (Å²) in [4.78, 5) is 24.6. The number of aromatic nitrogens is 3. The van der Waals surface area contributed by atoms with Crippen molar-refractivity contribution in [1.82, 2.24) is 20.1 Å². The van der Waals surface area contributed by atoms with Crippen LogP contribution >= 0.6 is 12.2 Å². The number of aromatic amines is 1. The maximum Gasteiger partial charge on any atom is 0.227 e. The fraction of sp³-hybridized carbons (Fsp3) is 0.333. The number of benzene rings is 2. The molecule has 8 nitrogen and oxygen atoms in total. The third-order valence-electron chi connectivity index (χ3n) is 5.41. The van der Waals surface area contributed by atoms with Crippen molar-refractivity contribution < 1.29 is 14.3 Å². The maximum absolute atomic E-state index is 12.5. The Bertz CT molecular complexity index is 1150. The monoisotopic (exact) mass is 467 g/mol. The first kappa shape index (κ1) is 24.2. The van der Waals surface area contributed by atoms with Crippen LogP contribution in [0.2, 0.25) is 0 Å². The van der Waals surface area contributed by atoms with Crippen LogP contribution < -0.4 is 15.4 Å². The zero-order valence-corrected chi connectivity index (χ0v) is 19.9. The summed E-state index contributed by atoms with van der Waals surface area (Å²) < 4.78 is 7.46. The highest BCUT2D eigenvalue weighted by molar-refractivity contribution is 7.71. The molecule has 0 saturated heterocycles. The molecule has 1 atom stereocenters. The van der Waals surface area contributed by atoms with Gasteiger partial charge < -0.3 is 15.4 Å². The Balaban J connectivity index is 1.56. The average molecular weight is 468 g/mol. The molecule has 3 rings (SSSR count). The SMILES string of the molecule is CCC(C)C(=O)Nc1cccc(CNC(=O)CCn2c(-c3ccc(OC)cc3)n[nH]c2=S)c1. The van der Waals surface area contributed by atoms with E-state index in [0.717, 1.165) is 29.0 Å². The second kappa shape index (κ2) is 11.4. The Morgan fingerprint density at radius 3 is 2.67 bits per heavy atom. The van der Waals surface area contributed by atoms with E-state index in [1.165, 1.54) is 0 Å². The Kier molecular flexibility index (Phi) is 8.37. The summed E-state index contributed by atoms with van der Waals surface area (Å²) in [5, 5.41) is 12.9. The third-order valence-corrected chi connectivity index (χ3v) is 5.72. The zero-order valence-electron chi connectivity index (χ0n) is 19.1. The molecular formula is C24H29N5O3S. The normalized spacial score (nSPS) is 11.6. The van der Waals surface area contributed by atoms with Gasteiger partial charge in [0.2, 0.25) is 11.8 Å². The van der Waals surface area contributed by atoms with Gasteiger partial charge in [0.05, 0.1) is 7.11 Å². The van der Waals surface area contributed by atoms with E-state index in [1.807, 2.05) is 66.9 Å². The van der Waals surface area contributed by atoms with Gasteiger partial charge in [-0.25, -0.2) is 0 Å². The molecule has 0 aliphatic heterocycles. The summed E-state index contributed by atoms with van der Waals surface area (Å²) in [5.74, 6) is 1.25. The van der Waals surface area contributed by atoms with Crippen molar-refractivity contribution in [2.45, 2.75) is 39.8 Å². The second-order valence-corrected chi connectivity index (χ2v) is 8.14. The Morgan fingerprint density at radius 2 is 1.97 bits per heavy atom. The van der Waals surface area contributed by atoms with E-state index in [4.69, 9.17) is 17.0 Å². The molecule has 1 aromatic heterocycles. The Morgan fingerprint density at radius 1 is 1.21 bits per heavy atom. The van der Waals surface area contributed by atoms with Crippen LogP contribution in [0, 0.1) is 10.7 Å². The molecule has 0 bridgehead atoms. The van der Waals surface area contributed by atoms with Gasteiger partial charge in [0.1, 0.15) is 5.75 Å². The van der Waals surface area contributed by atoms with Gasteiger partial charge in [0.25, 0.3) is 0 Å². The first-order valence-electron chi connectivity index (χ1n) is 10.9. The van der Waals surface area contributed by atoms with E-state index < -0.39 is 0 Å². The van der Waals surface area contributed by atoms with Crippen LogP contribution in [0.5, 0.6) is 5.75 Å². The number of carbonyl (C=O) groups excluding carboxylic acids is 2. The molecular weight excluding hydrogens is 438 g/mol. The van der Waals surface area contributed by atoms with Crippen molar-refractivity contribution >= 4 is 29.7 Å². The van der Waals surface area contributed by atoms with Gasteiger partial charge in [0, 0.05) is 36.7 Å². The maximum atomic E-state index is 12.5. The molecule has 1 heterocycles. The fourth-order valence-electron chi connectivity index (χ4n) is 3.20. The molecule has 3 N–H and O–H groups in total. The minimum atomic E-state index is -0.104. The molecule has 0 spiro atoms. The van der Waals surface area contributed by atoms with Crippen molar-refractivity contribution in [1.29, 1.82) is 0 Å². The summed E-state index contributed by atoms with van der Waals surface area (Å²) in [6.07, 6.45) is 1.03.